The van der Waals surface area contributed by atoms with E-state index in [4.69, 9.17) is 33.7 Å². The second-order valence-corrected chi connectivity index (χ2v) is 18.0. The highest BCUT2D eigenvalue weighted by molar-refractivity contribution is 7.98. The molecule has 4 aromatic rings. The molecule has 1 saturated carbocycles. The van der Waals surface area contributed by atoms with Crippen LogP contribution in [0, 0.1) is 17.8 Å². The molecule has 66 heavy (non-hydrogen) atoms. The van der Waals surface area contributed by atoms with Gasteiger partial charge in [-0.25, -0.2) is 4.79 Å². The van der Waals surface area contributed by atoms with Gasteiger partial charge in [0.1, 0.15) is 36.5 Å². The van der Waals surface area contributed by atoms with Crippen molar-refractivity contribution in [2.24, 2.45) is 22.9 Å². The summed E-state index contributed by atoms with van der Waals surface area (Å²) in [6.07, 6.45) is 11.2. The molecule has 2 aliphatic carbocycles. The van der Waals surface area contributed by atoms with E-state index in [-0.39, 0.29) is 63.8 Å². The van der Waals surface area contributed by atoms with Crippen molar-refractivity contribution in [3.05, 3.63) is 144 Å². The molecular weight excluding hydrogens is 853 g/mol. The Balaban J connectivity index is 1.34. The van der Waals surface area contributed by atoms with Crippen LogP contribution in [-0.4, -0.2) is 84.6 Å². The zero-order valence-corrected chi connectivity index (χ0v) is 39.2. The zero-order valence-electron chi connectivity index (χ0n) is 38.4. The first kappa shape index (κ1) is 48.8. The van der Waals surface area contributed by atoms with Crippen LogP contribution in [0.4, 0.5) is 4.79 Å². The van der Waals surface area contributed by atoms with E-state index in [9.17, 15) is 15.0 Å². The first-order valence-electron chi connectivity index (χ1n) is 23.5. The highest BCUT2D eigenvalue weighted by Gasteiger charge is 2.65. The maximum absolute atomic E-state index is 14.6. The number of carbonyl (C=O) groups is 1. The molecule has 0 spiro atoms. The van der Waals surface area contributed by atoms with Crippen molar-refractivity contribution in [1.82, 2.24) is 4.90 Å². The molecule has 2 N–H and O–H groups in total. The van der Waals surface area contributed by atoms with Crippen LogP contribution in [-0.2, 0) is 32.3 Å². The van der Waals surface area contributed by atoms with Crippen LogP contribution in [0.5, 0.6) is 17.2 Å². The van der Waals surface area contributed by atoms with Crippen molar-refractivity contribution < 1.29 is 43.5 Å². The largest absolute Gasteiger partial charge is 0.459 e. The van der Waals surface area contributed by atoms with Crippen molar-refractivity contribution in [2.45, 2.75) is 94.1 Å². The lowest BCUT2D eigenvalue weighted by molar-refractivity contribution is -0.255. The van der Waals surface area contributed by atoms with Gasteiger partial charge in [0.05, 0.1) is 31.5 Å². The predicted octanol–water partition coefficient (Wildman–Crippen LogP) is 11.1. The molecule has 0 saturated heterocycles. The zero-order chi connectivity index (χ0) is 46.1. The molecule has 1 fully saturated rings. The number of aliphatic hydroxyl groups excluding tert-OH is 2. The molecule has 1 aliphatic heterocycles. The van der Waals surface area contributed by atoms with E-state index in [1.54, 1.807) is 22.7 Å². The Kier molecular flexibility index (Phi) is 18.2. The van der Waals surface area contributed by atoms with Gasteiger partial charge < -0.3 is 38.7 Å². The minimum absolute atomic E-state index is 0.0619. The number of ether oxygens (including phenoxy) is 5. The molecule has 6 unspecified atom stereocenters. The Morgan fingerprint density at radius 1 is 0.894 bits per heavy atom. The minimum atomic E-state index is -1.41. The van der Waals surface area contributed by atoms with Crippen molar-refractivity contribution in [2.75, 3.05) is 45.8 Å². The van der Waals surface area contributed by atoms with Crippen LogP contribution in [0.3, 0.4) is 0 Å². The minimum Gasteiger partial charge on any atom is -0.459 e. The number of nitrogens with zero attached hydrogens (tertiary/aromatic N) is 2. The van der Waals surface area contributed by atoms with Crippen molar-refractivity contribution in [1.29, 1.82) is 0 Å². The lowest BCUT2D eigenvalue weighted by atomic mass is 9.55. The van der Waals surface area contributed by atoms with Crippen LogP contribution in [0.1, 0.15) is 80.9 Å². The molecule has 12 heteroatoms. The summed E-state index contributed by atoms with van der Waals surface area (Å²) in [5.74, 6) is 0.123. The Morgan fingerprint density at radius 3 is 2.27 bits per heavy atom. The monoisotopic (exact) mass is 918 g/mol. The summed E-state index contributed by atoms with van der Waals surface area (Å²) in [6.45, 7) is 7.79. The molecule has 4 aromatic carbocycles. The van der Waals surface area contributed by atoms with Crippen LogP contribution in [0.15, 0.2) is 137 Å². The highest BCUT2D eigenvalue weighted by atomic mass is 32.2. The topological polar surface area (TPSA) is 129 Å². The Bertz CT molecular complexity index is 2200. The number of aliphatic hydroxyl groups is 2. The van der Waals surface area contributed by atoms with Crippen LogP contribution in [0.25, 0.3) is 0 Å². The van der Waals surface area contributed by atoms with E-state index in [1.807, 2.05) is 110 Å². The third-order valence-corrected chi connectivity index (χ3v) is 13.6. The fourth-order valence-electron chi connectivity index (χ4n) is 9.90. The van der Waals surface area contributed by atoms with E-state index in [0.717, 1.165) is 64.3 Å². The number of benzene rings is 4. The molecule has 0 aromatic heterocycles. The number of rotatable bonds is 25. The van der Waals surface area contributed by atoms with Crippen LogP contribution < -0.4 is 9.47 Å². The number of allylic oxidation sites excluding steroid dienone is 1. The molecule has 1 amide bonds. The Morgan fingerprint density at radius 2 is 1.59 bits per heavy atom. The lowest BCUT2D eigenvalue weighted by Crippen LogP contribution is -2.70. The van der Waals surface area contributed by atoms with E-state index < -0.39 is 23.8 Å². The van der Waals surface area contributed by atoms with Gasteiger partial charge in [0.15, 0.2) is 0 Å². The third kappa shape index (κ3) is 11.9. The molecule has 0 bridgehead atoms. The summed E-state index contributed by atoms with van der Waals surface area (Å²) in [4.78, 5) is 23.8. The van der Waals surface area contributed by atoms with Crippen LogP contribution >= 0.6 is 11.8 Å². The van der Waals surface area contributed by atoms with E-state index in [0.29, 0.717) is 43.9 Å². The van der Waals surface area contributed by atoms with E-state index >= 15 is 0 Å². The summed E-state index contributed by atoms with van der Waals surface area (Å²) in [6, 6.07) is 33.2. The second kappa shape index (κ2) is 24.6. The first-order chi connectivity index (χ1) is 32.4. The van der Waals surface area contributed by atoms with Gasteiger partial charge in [0, 0.05) is 42.6 Å². The summed E-state index contributed by atoms with van der Waals surface area (Å²) in [5, 5.41) is 25.0. The second-order valence-electron chi connectivity index (χ2n) is 17.2. The molecule has 3 aliphatic rings. The number of thioether (sulfide) groups is 1. The van der Waals surface area contributed by atoms with Crippen molar-refractivity contribution in [3.63, 3.8) is 0 Å². The smallest absolute Gasteiger partial charge is 0.410 e. The number of fused-ring (bicyclic) bond motifs is 2. The average Bonchev–Trinajstić information content (AvgIpc) is 3.34. The average molecular weight is 919 g/mol. The maximum Gasteiger partial charge on any atom is 0.410 e. The van der Waals surface area contributed by atoms with E-state index in [1.165, 1.54) is 0 Å². The first-order valence-corrected chi connectivity index (χ1v) is 24.8. The molecule has 352 valence electrons. The summed E-state index contributed by atoms with van der Waals surface area (Å²) >= 11 is 1.68. The number of hydrogen-bond donors (Lipinski definition) is 2. The van der Waals surface area contributed by atoms with Gasteiger partial charge in [0.2, 0.25) is 5.79 Å². The fourth-order valence-corrected chi connectivity index (χ4v) is 10.3. The predicted molar refractivity (Wildman–Crippen MR) is 259 cm³/mol. The third-order valence-electron chi connectivity index (χ3n) is 12.8. The number of hydrogen-bond acceptors (Lipinski definition) is 11. The number of carbonyl (C=O) groups excluding carboxylic acids is 1. The standard InChI is InChI=1S/C54H66N2O9S/c1-4-28-56(53(59)61-33-32-60-37-39-16-8-6-9-17-39)50-36-48(55-63-38-40-18-10-7-11-19-40)46-34-41(20-12-14-29-57)45(21-13-15-30-58)51-47-35-43(64-42-22-25-44(66-3)26-23-42)24-27-49(47)65-54(50,52(46)51)62-31-5-2/h5-11,16-19,22-27,34-35,41,45,50-52,57-58H,2,4,12-15,20-21,28-33,36-38H2,1,3H3. The van der Waals surface area contributed by atoms with Crippen molar-refractivity contribution >= 4 is 23.6 Å². The molecule has 7 rings (SSSR count). The van der Waals surface area contributed by atoms with Gasteiger partial charge in [-0.15, -0.1) is 18.3 Å². The van der Waals surface area contributed by atoms with Gasteiger partial charge in [-0.05, 0) is 109 Å². The Labute approximate surface area is 394 Å². The number of oxime groups is 1. The van der Waals surface area contributed by atoms with Crippen molar-refractivity contribution in [3.8, 4) is 17.2 Å². The summed E-state index contributed by atoms with van der Waals surface area (Å²) in [5.41, 5.74) is 4.68. The van der Waals surface area contributed by atoms with Gasteiger partial charge in [-0.3, -0.25) is 4.90 Å². The van der Waals surface area contributed by atoms with Gasteiger partial charge >= 0.3 is 6.09 Å². The molecule has 6 atom stereocenters. The van der Waals surface area contributed by atoms with Gasteiger partial charge in [0.25, 0.3) is 0 Å². The SMILES string of the molecule is C=CCOC12Oc3ccc(Oc4ccc(SC)cc4)cc3C3C(CCCCO)C(CCCCO)C=C(C(=NOCc4ccccc4)CC1N(CCC)C(=O)OCCOCc1ccccc1)C32. The molecule has 11 nitrogen and oxygen atoms in total. The maximum atomic E-state index is 14.6. The number of amides is 1. The quantitative estimate of drug-likeness (QED) is 0.0287. The normalized spacial score (nSPS) is 22.3. The lowest BCUT2D eigenvalue weighted by Gasteiger charge is -2.59. The van der Waals surface area contributed by atoms with Gasteiger partial charge in [-0.1, -0.05) is 97.7 Å². The Hall–Kier alpha value is -5.11. The van der Waals surface area contributed by atoms with Crippen LogP contribution in [0.2, 0.25) is 0 Å². The highest BCUT2D eigenvalue weighted by Crippen LogP contribution is 2.62. The molecule has 1 heterocycles. The fraction of sp³-hybridized carbons (Fsp3) is 0.444. The number of unbranched alkanes of at least 4 members (excludes halogenated alkanes) is 2. The summed E-state index contributed by atoms with van der Waals surface area (Å²) < 4.78 is 33.0. The van der Waals surface area contributed by atoms with Gasteiger partial charge in [-0.2, -0.15) is 0 Å². The summed E-state index contributed by atoms with van der Waals surface area (Å²) in [7, 11) is 0. The van der Waals surface area contributed by atoms with E-state index in [2.05, 4.69) is 18.7 Å². The molecular formula is C54H66N2O9S. The molecule has 0 radical (unpaired) electrons.